The molecule has 2 aromatic heterocycles. The van der Waals surface area contributed by atoms with Gasteiger partial charge in [0.05, 0.1) is 17.9 Å². The van der Waals surface area contributed by atoms with E-state index in [-0.39, 0.29) is 18.1 Å². The highest BCUT2D eigenvalue weighted by molar-refractivity contribution is 6.31. The molecule has 0 aliphatic carbocycles. The Bertz CT molecular complexity index is 1240. The van der Waals surface area contributed by atoms with E-state index in [2.05, 4.69) is 20.8 Å². The normalized spacial score (nSPS) is 10.9. The largest absolute Gasteiger partial charge is 0.406 e. The summed E-state index contributed by atoms with van der Waals surface area (Å²) in [6, 6.07) is 15.3. The summed E-state index contributed by atoms with van der Waals surface area (Å²) < 4.78 is 9.07. The molecule has 0 aliphatic heterocycles. The fourth-order valence-corrected chi connectivity index (χ4v) is 3.34. The molecule has 0 saturated carbocycles. The van der Waals surface area contributed by atoms with Gasteiger partial charge < -0.3 is 15.1 Å². The third-order valence-corrected chi connectivity index (χ3v) is 5.36. The summed E-state index contributed by atoms with van der Waals surface area (Å²) in [6.45, 7) is 4.00. The SMILES string of the molecule is Cc1c(Cl)cccc1Nc1nnc(CNc2c(C)n(C)n(-c3ccccc3)c2=O)o1. The monoisotopic (exact) mass is 424 g/mol. The highest BCUT2D eigenvalue weighted by atomic mass is 35.5. The van der Waals surface area contributed by atoms with Crippen molar-refractivity contribution in [2.75, 3.05) is 10.6 Å². The van der Waals surface area contributed by atoms with Crippen molar-refractivity contribution in [2.24, 2.45) is 7.05 Å². The second-order valence-corrected chi connectivity index (χ2v) is 7.24. The van der Waals surface area contributed by atoms with Gasteiger partial charge in [-0.3, -0.25) is 9.48 Å². The number of hydrogen-bond donors (Lipinski definition) is 2. The molecule has 30 heavy (non-hydrogen) atoms. The van der Waals surface area contributed by atoms with Gasteiger partial charge in [0.15, 0.2) is 0 Å². The van der Waals surface area contributed by atoms with Crippen LogP contribution >= 0.6 is 11.6 Å². The first-order valence-electron chi connectivity index (χ1n) is 9.38. The first-order valence-corrected chi connectivity index (χ1v) is 9.76. The fraction of sp³-hybridized carbons (Fsp3) is 0.190. The molecule has 0 fully saturated rings. The van der Waals surface area contributed by atoms with Crippen LogP contribution in [0.4, 0.5) is 17.4 Å². The Morgan fingerprint density at radius 3 is 2.60 bits per heavy atom. The van der Waals surface area contributed by atoms with Crippen molar-refractivity contribution in [3.8, 4) is 5.69 Å². The van der Waals surface area contributed by atoms with Gasteiger partial charge in [-0.2, -0.15) is 0 Å². The Morgan fingerprint density at radius 2 is 1.83 bits per heavy atom. The number of halogens is 1. The van der Waals surface area contributed by atoms with Crippen molar-refractivity contribution in [1.29, 1.82) is 0 Å². The molecule has 0 saturated heterocycles. The smallest absolute Gasteiger partial charge is 0.320 e. The molecule has 4 rings (SSSR count). The summed E-state index contributed by atoms with van der Waals surface area (Å²) in [5.74, 6) is 0.353. The fourth-order valence-electron chi connectivity index (χ4n) is 3.17. The number of anilines is 3. The zero-order valence-electron chi connectivity index (χ0n) is 16.8. The van der Waals surface area contributed by atoms with Crippen molar-refractivity contribution in [3.63, 3.8) is 0 Å². The molecule has 154 valence electrons. The Morgan fingerprint density at radius 1 is 1.07 bits per heavy atom. The zero-order chi connectivity index (χ0) is 21.3. The summed E-state index contributed by atoms with van der Waals surface area (Å²) in [6.07, 6.45) is 0. The predicted octanol–water partition coefficient (Wildman–Crippen LogP) is 4.18. The van der Waals surface area contributed by atoms with Gasteiger partial charge in [-0.1, -0.05) is 41.0 Å². The van der Waals surface area contributed by atoms with Gasteiger partial charge in [0.2, 0.25) is 5.89 Å². The summed E-state index contributed by atoms with van der Waals surface area (Å²) in [5, 5.41) is 14.9. The maximum Gasteiger partial charge on any atom is 0.320 e. The standard InChI is InChI=1S/C21H21ClN6O2/c1-13-16(22)10-7-11-17(13)24-21-26-25-18(30-21)12-23-19-14(2)27(3)28(20(19)29)15-8-5-4-6-9-15/h4-11,23H,12H2,1-3H3,(H,24,26). The van der Waals surface area contributed by atoms with E-state index in [9.17, 15) is 4.79 Å². The summed E-state index contributed by atoms with van der Waals surface area (Å²) in [7, 11) is 1.84. The summed E-state index contributed by atoms with van der Waals surface area (Å²) in [4.78, 5) is 12.9. The van der Waals surface area contributed by atoms with E-state index in [1.54, 1.807) is 4.68 Å². The van der Waals surface area contributed by atoms with Gasteiger partial charge in [0, 0.05) is 17.8 Å². The van der Waals surface area contributed by atoms with Crippen LogP contribution in [0.15, 0.2) is 57.7 Å². The lowest BCUT2D eigenvalue weighted by Gasteiger charge is -2.07. The van der Waals surface area contributed by atoms with E-state index < -0.39 is 0 Å². The molecular weight excluding hydrogens is 404 g/mol. The average Bonchev–Trinajstić information content (AvgIpc) is 3.27. The van der Waals surface area contributed by atoms with Crippen LogP contribution in [0.25, 0.3) is 5.69 Å². The third kappa shape index (κ3) is 3.69. The minimum atomic E-state index is -0.145. The molecule has 2 N–H and O–H groups in total. The number of hydrogen-bond acceptors (Lipinski definition) is 6. The molecule has 0 atom stereocenters. The number of nitrogens with zero attached hydrogens (tertiary/aromatic N) is 4. The molecule has 2 heterocycles. The maximum atomic E-state index is 12.9. The summed E-state index contributed by atoms with van der Waals surface area (Å²) >= 11 is 6.14. The Labute approximate surface area is 178 Å². The first-order chi connectivity index (χ1) is 14.5. The number of benzene rings is 2. The van der Waals surface area contributed by atoms with Crippen LogP contribution in [0.3, 0.4) is 0 Å². The topological polar surface area (TPSA) is 89.9 Å². The second kappa shape index (κ2) is 8.08. The Balaban J connectivity index is 1.51. The van der Waals surface area contributed by atoms with Gasteiger partial charge in [-0.15, -0.1) is 5.10 Å². The van der Waals surface area contributed by atoms with Gasteiger partial charge in [-0.05, 0) is 43.7 Å². The minimum absolute atomic E-state index is 0.145. The lowest BCUT2D eigenvalue weighted by molar-refractivity contribution is 0.517. The van der Waals surface area contributed by atoms with Crippen LogP contribution in [-0.4, -0.2) is 19.6 Å². The van der Waals surface area contributed by atoms with Crippen LogP contribution in [0, 0.1) is 13.8 Å². The van der Waals surface area contributed by atoms with Crippen LogP contribution in [0.2, 0.25) is 5.02 Å². The van der Waals surface area contributed by atoms with Crippen LogP contribution in [-0.2, 0) is 13.6 Å². The predicted molar refractivity (Wildman–Crippen MR) is 117 cm³/mol. The molecule has 9 heteroatoms. The molecular formula is C21H21ClN6O2. The lowest BCUT2D eigenvalue weighted by Crippen LogP contribution is -2.21. The number of aromatic nitrogens is 4. The molecule has 0 bridgehead atoms. The number of para-hydroxylation sites is 1. The summed E-state index contributed by atoms with van der Waals surface area (Å²) in [5.41, 5.74) is 3.61. The second-order valence-electron chi connectivity index (χ2n) is 6.83. The van der Waals surface area contributed by atoms with Gasteiger partial charge in [-0.25, -0.2) is 4.68 Å². The molecule has 0 spiro atoms. The Kier molecular flexibility index (Phi) is 5.33. The molecule has 8 nitrogen and oxygen atoms in total. The van der Waals surface area contributed by atoms with E-state index in [1.165, 1.54) is 0 Å². The molecule has 0 aliphatic rings. The highest BCUT2D eigenvalue weighted by Gasteiger charge is 2.17. The maximum absolute atomic E-state index is 12.9. The van der Waals surface area contributed by atoms with Crippen molar-refractivity contribution >= 4 is 29.0 Å². The van der Waals surface area contributed by atoms with Crippen molar-refractivity contribution in [2.45, 2.75) is 20.4 Å². The average molecular weight is 425 g/mol. The first kappa shape index (κ1) is 19.8. The van der Waals surface area contributed by atoms with Crippen LogP contribution in [0.1, 0.15) is 17.1 Å². The van der Waals surface area contributed by atoms with Gasteiger partial charge in [0.25, 0.3) is 5.56 Å². The van der Waals surface area contributed by atoms with E-state index >= 15 is 0 Å². The quantitative estimate of drug-likeness (QED) is 0.482. The van der Waals surface area contributed by atoms with E-state index in [4.69, 9.17) is 16.0 Å². The molecule has 0 radical (unpaired) electrons. The van der Waals surface area contributed by atoms with Gasteiger partial charge in [0.1, 0.15) is 5.69 Å². The third-order valence-electron chi connectivity index (χ3n) is 4.95. The minimum Gasteiger partial charge on any atom is -0.406 e. The highest BCUT2D eigenvalue weighted by Crippen LogP contribution is 2.25. The lowest BCUT2D eigenvalue weighted by atomic mass is 10.2. The molecule has 2 aromatic carbocycles. The number of rotatable bonds is 6. The number of nitrogens with one attached hydrogen (secondary N) is 2. The van der Waals surface area contributed by atoms with Crippen LogP contribution < -0.4 is 16.2 Å². The van der Waals surface area contributed by atoms with E-state index in [0.29, 0.717) is 16.6 Å². The van der Waals surface area contributed by atoms with Crippen molar-refractivity contribution in [1.82, 2.24) is 19.6 Å². The molecule has 0 unspecified atom stereocenters. The zero-order valence-corrected chi connectivity index (χ0v) is 17.6. The van der Waals surface area contributed by atoms with Crippen molar-refractivity contribution < 1.29 is 4.42 Å². The van der Waals surface area contributed by atoms with Gasteiger partial charge >= 0.3 is 6.01 Å². The molecule has 4 aromatic rings. The molecule has 0 amide bonds. The van der Waals surface area contributed by atoms with Crippen LogP contribution in [0.5, 0.6) is 0 Å². The van der Waals surface area contributed by atoms with Crippen molar-refractivity contribution in [3.05, 3.63) is 81.1 Å². The van der Waals surface area contributed by atoms with E-state index in [1.807, 2.05) is 74.1 Å². The Hall–Kier alpha value is -3.52. The van der Waals surface area contributed by atoms with E-state index in [0.717, 1.165) is 22.6 Å².